The summed E-state index contributed by atoms with van der Waals surface area (Å²) in [5, 5.41) is 6.24. The second-order valence-electron chi connectivity index (χ2n) is 6.83. The summed E-state index contributed by atoms with van der Waals surface area (Å²) < 4.78 is 5.01. The number of benzene rings is 3. The highest BCUT2D eigenvalue weighted by Gasteiger charge is 2.10. The van der Waals surface area contributed by atoms with Crippen LogP contribution in [0.1, 0.15) is 29.3 Å². The van der Waals surface area contributed by atoms with Gasteiger partial charge in [-0.3, -0.25) is 14.4 Å². The molecule has 0 unspecified atom stereocenters. The van der Waals surface area contributed by atoms with E-state index in [1.165, 1.54) is 13.0 Å². The molecule has 3 aromatic rings. The fourth-order valence-electron chi connectivity index (χ4n) is 2.92. The molecule has 0 aromatic heterocycles. The van der Waals surface area contributed by atoms with E-state index in [1.54, 1.807) is 48.5 Å². The molecule has 158 valence electrons. The van der Waals surface area contributed by atoms with E-state index >= 15 is 0 Å². The minimum atomic E-state index is -0.462. The molecular formula is C24H21ClN2O4. The van der Waals surface area contributed by atoms with Gasteiger partial charge in [-0.2, -0.15) is 0 Å². The van der Waals surface area contributed by atoms with Gasteiger partial charge < -0.3 is 15.4 Å². The number of esters is 1. The number of halogens is 1. The lowest BCUT2D eigenvalue weighted by Crippen LogP contribution is -2.14. The minimum Gasteiger partial charge on any atom is -0.427 e. The number of nitrogens with one attached hydrogen (secondary N) is 2. The topological polar surface area (TPSA) is 84.5 Å². The maximum Gasteiger partial charge on any atom is 0.308 e. The third kappa shape index (κ3) is 6.97. The van der Waals surface area contributed by atoms with Crippen molar-refractivity contribution < 1.29 is 19.1 Å². The Labute approximate surface area is 185 Å². The van der Waals surface area contributed by atoms with Crippen molar-refractivity contribution in [2.24, 2.45) is 0 Å². The van der Waals surface area contributed by atoms with Gasteiger partial charge in [-0.15, -0.1) is 0 Å². The van der Waals surface area contributed by atoms with Gasteiger partial charge in [-0.05, 0) is 60.5 Å². The maximum absolute atomic E-state index is 12.5. The lowest BCUT2D eigenvalue weighted by molar-refractivity contribution is -0.131. The van der Waals surface area contributed by atoms with Crippen molar-refractivity contribution in [3.05, 3.63) is 88.9 Å². The van der Waals surface area contributed by atoms with Gasteiger partial charge in [0.05, 0.1) is 0 Å². The SMILES string of the molecule is CC(=O)Oc1cccc(C(=O)Nc2cccc(NC(=O)CCc3cccc(Cl)c3)c2)c1. The molecule has 0 aliphatic rings. The van der Waals surface area contributed by atoms with Crippen LogP contribution in [0, 0.1) is 0 Å². The first kappa shape index (κ1) is 22.1. The van der Waals surface area contributed by atoms with Crippen molar-refractivity contribution in [1.82, 2.24) is 0 Å². The van der Waals surface area contributed by atoms with E-state index in [0.29, 0.717) is 40.6 Å². The second-order valence-corrected chi connectivity index (χ2v) is 7.27. The second kappa shape index (κ2) is 10.4. The fourth-order valence-corrected chi connectivity index (χ4v) is 3.13. The fraction of sp³-hybridized carbons (Fsp3) is 0.125. The molecule has 3 rings (SSSR count). The van der Waals surface area contributed by atoms with E-state index in [0.717, 1.165) is 5.56 Å². The molecule has 31 heavy (non-hydrogen) atoms. The smallest absolute Gasteiger partial charge is 0.308 e. The van der Waals surface area contributed by atoms with Crippen LogP contribution >= 0.6 is 11.6 Å². The van der Waals surface area contributed by atoms with Crippen molar-refractivity contribution in [2.75, 3.05) is 10.6 Å². The third-order valence-electron chi connectivity index (χ3n) is 4.29. The molecule has 0 saturated heterocycles. The minimum absolute atomic E-state index is 0.141. The van der Waals surface area contributed by atoms with Gasteiger partial charge in [0.15, 0.2) is 0 Å². The number of carbonyl (C=O) groups is 3. The quantitative estimate of drug-likeness (QED) is 0.399. The molecule has 0 saturated carbocycles. The summed E-state index contributed by atoms with van der Waals surface area (Å²) in [7, 11) is 0. The van der Waals surface area contributed by atoms with Crippen LogP contribution in [-0.4, -0.2) is 17.8 Å². The molecule has 3 aromatic carbocycles. The lowest BCUT2D eigenvalue weighted by Gasteiger charge is -2.10. The summed E-state index contributed by atoms with van der Waals surface area (Å²) in [6.45, 7) is 1.29. The molecule has 0 heterocycles. The molecule has 0 aliphatic heterocycles. The van der Waals surface area contributed by atoms with Crippen LogP contribution in [0.2, 0.25) is 5.02 Å². The number of aryl methyl sites for hydroxylation is 1. The number of hydrogen-bond acceptors (Lipinski definition) is 4. The zero-order valence-electron chi connectivity index (χ0n) is 16.9. The molecule has 0 spiro atoms. The first-order valence-corrected chi connectivity index (χ1v) is 10.0. The highest BCUT2D eigenvalue weighted by Crippen LogP contribution is 2.19. The maximum atomic E-state index is 12.5. The molecule has 2 N–H and O–H groups in total. The van der Waals surface area contributed by atoms with Crippen molar-refractivity contribution in [3.8, 4) is 5.75 Å². The van der Waals surface area contributed by atoms with Crippen LogP contribution in [0.3, 0.4) is 0 Å². The van der Waals surface area contributed by atoms with Crippen molar-refractivity contribution in [1.29, 1.82) is 0 Å². The summed E-state index contributed by atoms with van der Waals surface area (Å²) in [6, 6.07) is 20.6. The average Bonchev–Trinajstić information content (AvgIpc) is 2.72. The van der Waals surface area contributed by atoms with Crippen molar-refractivity contribution in [2.45, 2.75) is 19.8 Å². The summed E-state index contributed by atoms with van der Waals surface area (Å²) in [6.07, 6.45) is 0.876. The molecule has 6 nitrogen and oxygen atoms in total. The van der Waals surface area contributed by atoms with Gasteiger partial charge in [0.1, 0.15) is 5.75 Å². The van der Waals surface area contributed by atoms with Gasteiger partial charge in [-0.25, -0.2) is 0 Å². The predicted octanol–water partition coefficient (Wildman–Crippen LogP) is 5.09. The number of amides is 2. The van der Waals surface area contributed by atoms with Crippen LogP contribution in [0.15, 0.2) is 72.8 Å². The number of hydrogen-bond donors (Lipinski definition) is 2. The summed E-state index contributed by atoms with van der Waals surface area (Å²) >= 11 is 5.97. The highest BCUT2D eigenvalue weighted by atomic mass is 35.5. The standard InChI is InChI=1S/C24H21ClN2O4/c1-16(28)31-22-10-3-6-18(14-22)24(30)27-21-9-4-8-20(15-21)26-23(29)12-11-17-5-2-7-19(25)13-17/h2-10,13-15H,11-12H2,1H3,(H,26,29)(H,27,30). The normalized spacial score (nSPS) is 10.3. The number of anilines is 2. The monoisotopic (exact) mass is 436 g/mol. The Bertz CT molecular complexity index is 1110. The Morgan fingerprint density at radius 2 is 1.58 bits per heavy atom. The zero-order valence-corrected chi connectivity index (χ0v) is 17.6. The zero-order chi connectivity index (χ0) is 22.2. The van der Waals surface area contributed by atoms with Crippen LogP contribution in [0.25, 0.3) is 0 Å². The van der Waals surface area contributed by atoms with Crippen LogP contribution in [0.5, 0.6) is 5.75 Å². The van der Waals surface area contributed by atoms with E-state index in [1.807, 2.05) is 18.2 Å². The van der Waals surface area contributed by atoms with Crippen molar-refractivity contribution in [3.63, 3.8) is 0 Å². The molecule has 0 atom stereocenters. The van der Waals surface area contributed by atoms with E-state index in [-0.39, 0.29) is 11.8 Å². The van der Waals surface area contributed by atoms with Crippen LogP contribution in [0.4, 0.5) is 11.4 Å². The van der Waals surface area contributed by atoms with Crippen LogP contribution < -0.4 is 15.4 Å². The molecule has 0 fully saturated rings. The molecule has 2 amide bonds. The average molecular weight is 437 g/mol. The van der Waals surface area contributed by atoms with Gasteiger partial charge >= 0.3 is 5.97 Å². The lowest BCUT2D eigenvalue weighted by atomic mass is 10.1. The molecule has 7 heteroatoms. The first-order chi connectivity index (χ1) is 14.9. The van der Waals surface area contributed by atoms with Gasteiger partial charge in [0.2, 0.25) is 5.91 Å². The number of ether oxygens (including phenoxy) is 1. The largest absolute Gasteiger partial charge is 0.427 e. The predicted molar refractivity (Wildman–Crippen MR) is 121 cm³/mol. The van der Waals surface area contributed by atoms with Gasteiger partial charge in [-0.1, -0.05) is 35.9 Å². The summed E-state index contributed by atoms with van der Waals surface area (Å²) in [5.41, 5.74) is 2.42. The number of rotatable bonds is 7. The third-order valence-corrected chi connectivity index (χ3v) is 4.53. The Morgan fingerprint density at radius 1 is 0.871 bits per heavy atom. The van der Waals surface area contributed by atoms with Crippen LogP contribution in [-0.2, 0) is 16.0 Å². The summed E-state index contributed by atoms with van der Waals surface area (Å²) in [5.74, 6) is -0.673. The van der Waals surface area contributed by atoms with E-state index < -0.39 is 5.97 Å². The molecular weight excluding hydrogens is 416 g/mol. The Hall–Kier alpha value is -3.64. The Morgan fingerprint density at radius 3 is 2.32 bits per heavy atom. The highest BCUT2D eigenvalue weighted by molar-refractivity contribution is 6.30. The summed E-state index contributed by atoms with van der Waals surface area (Å²) in [4.78, 5) is 35.9. The van der Waals surface area contributed by atoms with Gasteiger partial charge in [0.25, 0.3) is 5.91 Å². The molecule has 0 radical (unpaired) electrons. The Balaban J connectivity index is 1.59. The van der Waals surface area contributed by atoms with E-state index in [2.05, 4.69) is 10.6 Å². The first-order valence-electron chi connectivity index (χ1n) is 9.63. The molecule has 0 aliphatic carbocycles. The Kier molecular flexibility index (Phi) is 7.40. The molecule has 0 bridgehead atoms. The number of carbonyl (C=O) groups excluding carboxylic acids is 3. The van der Waals surface area contributed by atoms with Crippen molar-refractivity contribution >= 4 is 40.8 Å². The van der Waals surface area contributed by atoms with Gasteiger partial charge in [0, 0.05) is 35.3 Å². The van der Waals surface area contributed by atoms with E-state index in [4.69, 9.17) is 16.3 Å². The van der Waals surface area contributed by atoms with E-state index in [9.17, 15) is 14.4 Å².